The lowest BCUT2D eigenvalue weighted by Gasteiger charge is -2.39. The van der Waals surface area contributed by atoms with Gasteiger partial charge < -0.3 is 4.90 Å². The van der Waals surface area contributed by atoms with Gasteiger partial charge in [-0.3, -0.25) is 15.0 Å². The molecule has 3 rings (SSSR count). The molecule has 0 saturated carbocycles. The van der Waals surface area contributed by atoms with Gasteiger partial charge in [0, 0.05) is 31.3 Å². The number of hydrogen-bond acceptors (Lipinski definition) is 5. The van der Waals surface area contributed by atoms with Gasteiger partial charge in [-0.2, -0.15) is 5.26 Å². The summed E-state index contributed by atoms with van der Waals surface area (Å²) in [6.45, 7) is 4.16. The molecule has 116 valence electrons. The lowest BCUT2D eigenvalue weighted by Crippen LogP contribution is -2.47. The van der Waals surface area contributed by atoms with Crippen LogP contribution in [-0.2, 0) is 0 Å². The summed E-state index contributed by atoms with van der Waals surface area (Å²) in [6.07, 6.45) is 4.85. The van der Waals surface area contributed by atoms with E-state index in [2.05, 4.69) is 15.9 Å². The van der Waals surface area contributed by atoms with E-state index in [0.29, 0.717) is 11.6 Å². The molecule has 2 aliphatic heterocycles. The molecule has 1 unspecified atom stereocenters. The highest BCUT2D eigenvalue weighted by atomic mass is 16.6. The maximum Gasteiger partial charge on any atom is 0.270 e. The molecule has 0 amide bonds. The smallest absolute Gasteiger partial charge is 0.270 e. The van der Waals surface area contributed by atoms with Gasteiger partial charge in [-0.1, -0.05) is 0 Å². The molecule has 6 heteroatoms. The fourth-order valence-electron chi connectivity index (χ4n) is 3.58. The van der Waals surface area contributed by atoms with Gasteiger partial charge in [0.2, 0.25) is 0 Å². The van der Waals surface area contributed by atoms with Crippen LogP contribution in [0.3, 0.4) is 0 Å². The van der Waals surface area contributed by atoms with E-state index >= 15 is 0 Å². The topological polar surface area (TPSA) is 73.4 Å². The average Bonchev–Trinajstić information content (AvgIpc) is 3.09. The largest absolute Gasteiger partial charge is 0.369 e. The van der Waals surface area contributed by atoms with Crippen molar-refractivity contribution in [2.45, 2.75) is 31.7 Å². The Balaban J connectivity index is 1.80. The molecule has 6 nitrogen and oxygen atoms in total. The number of nitro groups is 1. The summed E-state index contributed by atoms with van der Waals surface area (Å²) in [5, 5.41) is 20.2. The van der Waals surface area contributed by atoms with E-state index in [1.54, 1.807) is 6.07 Å². The maximum absolute atomic E-state index is 10.9. The zero-order valence-electron chi connectivity index (χ0n) is 12.6. The Kier molecular flexibility index (Phi) is 4.25. The number of hydrogen-bond donors (Lipinski definition) is 0. The highest BCUT2D eigenvalue weighted by Gasteiger charge is 2.28. The van der Waals surface area contributed by atoms with Gasteiger partial charge in [0.15, 0.2) is 0 Å². The molecule has 2 fully saturated rings. The maximum atomic E-state index is 10.9. The first-order valence-corrected chi connectivity index (χ1v) is 7.86. The van der Waals surface area contributed by atoms with Crippen molar-refractivity contribution in [2.75, 3.05) is 31.1 Å². The van der Waals surface area contributed by atoms with Crippen molar-refractivity contribution in [3.63, 3.8) is 0 Å². The van der Waals surface area contributed by atoms with Crippen LogP contribution in [0.1, 0.15) is 31.2 Å². The molecule has 0 aliphatic carbocycles. The van der Waals surface area contributed by atoms with Crippen LogP contribution in [0.2, 0.25) is 0 Å². The average molecular weight is 300 g/mol. The molecule has 0 bridgehead atoms. The molecular formula is C16H20N4O2. The Morgan fingerprint density at radius 1 is 1.23 bits per heavy atom. The van der Waals surface area contributed by atoms with Crippen LogP contribution >= 0.6 is 0 Å². The molecule has 2 heterocycles. The van der Waals surface area contributed by atoms with Crippen molar-refractivity contribution in [1.82, 2.24) is 4.90 Å². The van der Waals surface area contributed by atoms with Gasteiger partial charge in [0.1, 0.15) is 6.07 Å². The Hall–Kier alpha value is -2.13. The Morgan fingerprint density at radius 2 is 2.00 bits per heavy atom. The number of likely N-dealkylation sites (tertiary alicyclic amines) is 1. The van der Waals surface area contributed by atoms with Crippen molar-refractivity contribution >= 4 is 11.4 Å². The Labute approximate surface area is 130 Å². The molecular weight excluding hydrogens is 280 g/mol. The Morgan fingerprint density at radius 3 is 2.68 bits per heavy atom. The zero-order chi connectivity index (χ0) is 15.5. The van der Waals surface area contributed by atoms with Gasteiger partial charge >= 0.3 is 0 Å². The van der Waals surface area contributed by atoms with E-state index in [4.69, 9.17) is 0 Å². The molecule has 0 radical (unpaired) electrons. The summed E-state index contributed by atoms with van der Waals surface area (Å²) >= 11 is 0. The van der Waals surface area contributed by atoms with E-state index in [1.807, 2.05) is 0 Å². The molecule has 0 N–H and O–H groups in total. The summed E-state index contributed by atoms with van der Waals surface area (Å²) in [5.74, 6) is 0. The first-order chi connectivity index (χ1) is 10.7. The monoisotopic (exact) mass is 300 g/mol. The number of rotatable bonds is 3. The fourth-order valence-corrected chi connectivity index (χ4v) is 3.58. The van der Waals surface area contributed by atoms with Crippen molar-refractivity contribution in [3.05, 3.63) is 33.9 Å². The lowest BCUT2D eigenvalue weighted by molar-refractivity contribution is -0.384. The summed E-state index contributed by atoms with van der Waals surface area (Å²) in [6, 6.07) is 7.26. The number of piperidine rings is 1. The summed E-state index contributed by atoms with van der Waals surface area (Å²) in [4.78, 5) is 15.2. The minimum Gasteiger partial charge on any atom is -0.369 e. The van der Waals surface area contributed by atoms with Gasteiger partial charge in [-0.15, -0.1) is 0 Å². The third-order valence-electron chi connectivity index (χ3n) is 4.71. The van der Waals surface area contributed by atoms with Crippen LogP contribution in [-0.4, -0.2) is 42.0 Å². The molecule has 1 atom stereocenters. The van der Waals surface area contributed by atoms with Crippen LogP contribution in [0.25, 0.3) is 0 Å². The van der Waals surface area contributed by atoms with Crippen molar-refractivity contribution < 1.29 is 4.92 Å². The minimum absolute atomic E-state index is 0.0200. The Bertz CT molecular complexity index is 605. The molecule has 0 aromatic heterocycles. The van der Waals surface area contributed by atoms with Crippen molar-refractivity contribution in [3.8, 4) is 6.07 Å². The molecule has 1 aromatic rings. The molecule has 2 aliphatic rings. The fraction of sp³-hybridized carbons (Fsp3) is 0.562. The van der Waals surface area contributed by atoms with Gasteiger partial charge in [0.05, 0.1) is 16.2 Å². The zero-order valence-corrected chi connectivity index (χ0v) is 12.6. The second-order valence-electron chi connectivity index (χ2n) is 6.06. The number of nitriles is 1. The lowest BCUT2D eigenvalue weighted by atomic mass is 10.0. The minimum atomic E-state index is -0.451. The van der Waals surface area contributed by atoms with Crippen LogP contribution in [0, 0.1) is 21.4 Å². The van der Waals surface area contributed by atoms with Crippen molar-refractivity contribution in [2.24, 2.45) is 0 Å². The number of nitrogens with zero attached hydrogens (tertiary/aromatic N) is 4. The molecule has 2 saturated heterocycles. The van der Waals surface area contributed by atoms with Crippen LogP contribution in [0.5, 0.6) is 0 Å². The third-order valence-corrected chi connectivity index (χ3v) is 4.71. The summed E-state index contributed by atoms with van der Waals surface area (Å²) in [5.41, 5.74) is 1.21. The van der Waals surface area contributed by atoms with Gasteiger partial charge in [-0.25, -0.2) is 0 Å². The number of benzene rings is 1. The second kappa shape index (κ2) is 6.32. The predicted molar refractivity (Wildman–Crippen MR) is 83.9 cm³/mol. The first kappa shape index (κ1) is 14.8. The van der Waals surface area contributed by atoms with Crippen LogP contribution < -0.4 is 4.90 Å². The quantitative estimate of drug-likeness (QED) is 0.633. The van der Waals surface area contributed by atoms with Gasteiger partial charge in [-0.05, 0) is 44.8 Å². The summed E-state index contributed by atoms with van der Waals surface area (Å²) in [7, 11) is 0. The van der Waals surface area contributed by atoms with E-state index < -0.39 is 4.92 Å². The van der Waals surface area contributed by atoms with Crippen LogP contribution in [0.15, 0.2) is 18.2 Å². The molecule has 1 aromatic carbocycles. The standard InChI is InChI=1S/C16H20N4O2/c17-11-13-10-14(20(21)22)5-6-16(13)19-9-3-4-15(12-19)18-7-1-2-8-18/h5-6,10,15H,1-4,7-9,12H2. The highest BCUT2D eigenvalue weighted by Crippen LogP contribution is 2.29. The summed E-state index contributed by atoms with van der Waals surface area (Å²) < 4.78 is 0. The van der Waals surface area contributed by atoms with Crippen LogP contribution in [0.4, 0.5) is 11.4 Å². The SMILES string of the molecule is N#Cc1cc([N+](=O)[O-])ccc1N1CCCC(N2CCCC2)C1. The number of non-ortho nitro benzene ring substituents is 1. The second-order valence-corrected chi connectivity index (χ2v) is 6.06. The predicted octanol–water partition coefficient (Wildman–Crippen LogP) is 2.53. The van der Waals surface area contributed by atoms with E-state index in [9.17, 15) is 15.4 Å². The number of anilines is 1. The normalized spacial score (nSPS) is 22.5. The molecule has 0 spiro atoms. The van der Waals surface area contributed by atoms with E-state index in [1.165, 1.54) is 44.5 Å². The number of nitro benzene ring substituents is 1. The van der Waals surface area contributed by atoms with Gasteiger partial charge in [0.25, 0.3) is 5.69 Å². The third kappa shape index (κ3) is 2.90. The van der Waals surface area contributed by atoms with E-state index in [0.717, 1.165) is 25.2 Å². The van der Waals surface area contributed by atoms with Crippen molar-refractivity contribution in [1.29, 1.82) is 5.26 Å². The first-order valence-electron chi connectivity index (χ1n) is 7.86. The molecule has 22 heavy (non-hydrogen) atoms. The van der Waals surface area contributed by atoms with E-state index in [-0.39, 0.29) is 5.69 Å². The highest BCUT2D eigenvalue weighted by molar-refractivity contribution is 5.63.